The Morgan fingerprint density at radius 3 is 2.67 bits per heavy atom. The van der Waals surface area contributed by atoms with Gasteiger partial charge in [-0.3, -0.25) is 9.59 Å². The molecule has 1 heterocycles. The predicted molar refractivity (Wildman–Crippen MR) is 115 cm³/mol. The lowest BCUT2D eigenvalue weighted by molar-refractivity contribution is -0.166. The van der Waals surface area contributed by atoms with E-state index in [1.807, 2.05) is 20.8 Å². The average molecular weight is 419 g/mol. The van der Waals surface area contributed by atoms with Crippen molar-refractivity contribution in [1.82, 2.24) is 0 Å². The van der Waals surface area contributed by atoms with Crippen molar-refractivity contribution >= 4 is 11.9 Å². The highest BCUT2D eigenvalue weighted by Gasteiger charge is 2.43. The van der Waals surface area contributed by atoms with Crippen LogP contribution in [0.4, 0.5) is 0 Å². The van der Waals surface area contributed by atoms with Gasteiger partial charge in [-0.05, 0) is 62.9 Å². The third-order valence-corrected chi connectivity index (χ3v) is 7.35. The molecular weight excluding hydrogens is 380 g/mol. The molecule has 3 aliphatic rings. The molecule has 0 radical (unpaired) electrons. The van der Waals surface area contributed by atoms with Crippen molar-refractivity contribution in [3.8, 4) is 0 Å². The molecule has 0 saturated carbocycles. The maximum atomic E-state index is 12.9. The summed E-state index contributed by atoms with van der Waals surface area (Å²) in [6.45, 7) is 10.3. The molecule has 5 nitrogen and oxygen atoms in total. The number of hydrogen-bond acceptors (Lipinski definition) is 5. The lowest BCUT2D eigenvalue weighted by Gasteiger charge is -2.44. The molecule has 0 bridgehead atoms. The smallest absolute Gasteiger partial charge is 0.311 e. The monoisotopic (exact) mass is 418 g/mol. The van der Waals surface area contributed by atoms with Gasteiger partial charge in [0.05, 0.1) is 17.9 Å². The zero-order valence-corrected chi connectivity index (χ0v) is 19.1. The molecule has 30 heavy (non-hydrogen) atoms. The van der Waals surface area contributed by atoms with E-state index in [0.29, 0.717) is 24.2 Å². The number of allylic oxidation sites excluding steroid dienone is 3. The Balaban J connectivity index is 1.76. The Bertz CT molecular complexity index is 706. The minimum atomic E-state index is -0.601. The van der Waals surface area contributed by atoms with Gasteiger partial charge in [0.15, 0.2) is 0 Å². The molecule has 0 aromatic carbocycles. The molecule has 1 fully saturated rings. The number of carbonyl (C=O) groups excluding carboxylic acids is 2. The number of aliphatic hydroxyl groups is 1. The summed E-state index contributed by atoms with van der Waals surface area (Å²) in [5, 5.41) is 9.92. The molecular formula is C25H38O5. The van der Waals surface area contributed by atoms with Crippen molar-refractivity contribution in [3.05, 3.63) is 23.8 Å². The van der Waals surface area contributed by atoms with Crippen LogP contribution in [0.5, 0.6) is 0 Å². The van der Waals surface area contributed by atoms with Crippen LogP contribution in [0.3, 0.4) is 0 Å². The highest BCUT2D eigenvalue weighted by molar-refractivity contribution is 5.76. The van der Waals surface area contributed by atoms with Crippen LogP contribution >= 0.6 is 0 Å². The van der Waals surface area contributed by atoms with E-state index in [2.05, 4.69) is 32.1 Å². The van der Waals surface area contributed by atoms with Crippen molar-refractivity contribution in [2.75, 3.05) is 0 Å². The average Bonchev–Trinajstić information content (AvgIpc) is 2.66. The molecule has 0 amide bonds. The number of carbonyl (C=O) groups is 2. The molecule has 1 N–H and O–H groups in total. The van der Waals surface area contributed by atoms with Crippen molar-refractivity contribution in [2.45, 2.75) is 91.5 Å². The third kappa shape index (κ3) is 5.16. The molecule has 0 spiro atoms. The van der Waals surface area contributed by atoms with Gasteiger partial charge in [0, 0.05) is 12.3 Å². The topological polar surface area (TPSA) is 72.8 Å². The largest absolute Gasteiger partial charge is 0.462 e. The number of cyclic esters (lactones) is 1. The molecule has 5 heteroatoms. The molecule has 168 valence electrons. The van der Waals surface area contributed by atoms with Gasteiger partial charge in [0.2, 0.25) is 0 Å². The first-order valence-corrected chi connectivity index (χ1v) is 11.6. The minimum absolute atomic E-state index is 0.0949. The van der Waals surface area contributed by atoms with Crippen LogP contribution in [0.25, 0.3) is 0 Å². The van der Waals surface area contributed by atoms with Crippen LogP contribution in [-0.4, -0.2) is 35.4 Å². The number of rotatable bonds is 6. The molecule has 0 aromatic heterocycles. The SMILES string of the molecule is CCC(C)(C)C(=O)O[C@H]1C[C@@H](C)C=C2C=C[C@@H](C)[C@@H](CC[C@H]3C[C@@H](O)CC(=O)O3)[C@H]21. The van der Waals surface area contributed by atoms with Crippen LogP contribution in [-0.2, 0) is 19.1 Å². The highest BCUT2D eigenvalue weighted by Crippen LogP contribution is 2.45. The summed E-state index contributed by atoms with van der Waals surface area (Å²) in [6.07, 6.45) is 9.61. The van der Waals surface area contributed by atoms with Gasteiger partial charge in [-0.2, -0.15) is 0 Å². The summed E-state index contributed by atoms with van der Waals surface area (Å²) in [6, 6.07) is 0. The van der Waals surface area contributed by atoms with E-state index >= 15 is 0 Å². The maximum absolute atomic E-state index is 12.9. The summed E-state index contributed by atoms with van der Waals surface area (Å²) >= 11 is 0. The Kier molecular flexibility index (Phi) is 7.11. The fraction of sp³-hybridized carbons (Fsp3) is 0.760. The van der Waals surface area contributed by atoms with Crippen LogP contribution in [0.1, 0.15) is 73.1 Å². The van der Waals surface area contributed by atoms with Crippen molar-refractivity contribution in [2.24, 2.45) is 29.1 Å². The highest BCUT2D eigenvalue weighted by atomic mass is 16.6. The first-order valence-electron chi connectivity index (χ1n) is 11.6. The van der Waals surface area contributed by atoms with E-state index in [9.17, 15) is 14.7 Å². The van der Waals surface area contributed by atoms with Crippen LogP contribution in [0, 0.1) is 29.1 Å². The third-order valence-electron chi connectivity index (χ3n) is 7.35. The normalized spacial score (nSPS) is 36.5. The van der Waals surface area contributed by atoms with Gasteiger partial charge in [-0.15, -0.1) is 0 Å². The molecule has 7 atom stereocenters. The van der Waals surface area contributed by atoms with E-state index in [0.717, 1.165) is 25.7 Å². The molecule has 1 saturated heterocycles. The Labute approximate surface area is 180 Å². The van der Waals surface area contributed by atoms with Crippen molar-refractivity contribution < 1.29 is 24.2 Å². The van der Waals surface area contributed by atoms with Gasteiger partial charge < -0.3 is 14.6 Å². The minimum Gasteiger partial charge on any atom is -0.462 e. The van der Waals surface area contributed by atoms with Gasteiger partial charge in [0.1, 0.15) is 12.2 Å². The zero-order valence-electron chi connectivity index (χ0n) is 19.1. The summed E-state index contributed by atoms with van der Waals surface area (Å²) in [7, 11) is 0. The van der Waals surface area contributed by atoms with Crippen molar-refractivity contribution in [3.63, 3.8) is 0 Å². The Morgan fingerprint density at radius 1 is 1.27 bits per heavy atom. The zero-order chi connectivity index (χ0) is 22.1. The second-order valence-electron chi connectivity index (χ2n) is 10.3. The summed E-state index contributed by atoms with van der Waals surface area (Å²) in [4.78, 5) is 24.6. The van der Waals surface area contributed by atoms with Gasteiger partial charge >= 0.3 is 11.9 Å². The summed E-state index contributed by atoms with van der Waals surface area (Å²) < 4.78 is 11.6. The Hall–Kier alpha value is -1.62. The molecule has 1 aliphatic heterocycles. The van der Waals surface area contributed by atoms with E-state index < -0.39 is 11.5 Å². The number of ether oxygens (including phenoxy) is 2. The lowest BCUT2D eigenvalue weighted by atomic mass is 9.65. The Morgan fingerprint density at radius 2 is 2.00 bits per heavy atom. The number of aliphatic hydroxyl groups excluding tert-OH is 1. The van der Waals surface area contributed by atoms with E-state index in [4.69, 9.17) is 9.47 Å². The standard InChI is InChI=1S/C25H38O5/c1-6-25(4,5)24(28)30-21-12-15(2)11-17-8-7-16(3)20(23(17)21)10-9-19-13-18(26)14-22(27)29-19/h7-8,11,15-16,18-21,23,26H,6,9-10,12-14H2,1-5H3/t15-,16+,18+,19-,20+,21-,23-/m0/s1. The second kappa shape index (κ2) is 9.25. The first-order chi connectivity index (χ1) is 14.1. The fourth-order valence-electron chi connectivity index (χ4n) is 5.08. The van der Waals surface area contributed by atoms with Gasteiger partial charge in [0.25, 0.3) is 0 Å². The predicted octanol–water partition coefficient (Wildman–Crippen LogP) is 4.59. The molecule has 3 rings (SSSR count). The van der Waals surface area contributed by atoms with Crippen molar-refractivity contribution in [1.29, 1.82) is 0 Å². The van der Waals surface area contributed by atoms with Crippen LogP contribution in [0.2, 0.25) is 0 Å². The van der Waals surface area contributed by atoms with Gasteiger partial charge in [-0.25, -0.2) is 0 Å². The summed E-state index contributed by atoms with van der Waals surface area (Å²) in [5.74, 6) is 0.776. The summed E-state index contributed by atoms with van der Waals surface area (Å²) in [5.41, 5.74) is 0.785. The second-order valence-corrected chi connectivity index (χ2v) is 10.3. The quantitative estimate of drug-likeness (QED) is 0.639. The van der Waals surface area contributed by atoms with E-state index in [1.54, 1.807) is 0 Å². The van der Waals surface area contributed by atoms with Gasteiger partial charge in [-0.1, -0.05) is 39.0 Å². The number of fused-ring (bicyclic) bond motifs is 1. The molecule has 2 aliphatic carbocycles. The fourth-order valence-corrected chi connectivity index (χ4v) is 5.08. The lowest BCUT2D eigenvalue weighted by Crippen LogP contribution is -2.43. The van der Waals surface area contributed by atoms with Crippen LogP contribution < -0.4 is 0 Å². The number of esters is 2. The maximum Gasteiger partial charge on any atom is 0.311 e. The van der Waals surface area contributed by atoms with E-state index in [-0.39, 0.29) is 36.5 Å². The first kappa shape index (κ1) is 23.1. The molecule has 0 unspecified atom stereocenters. The molecule has 0 aromatic rings. The number of hydrogen-bond donors (Lipinski definition) is 1. The van der Waals surface area contributed by atoms with Crippen LogP contribution in [0.15, 0.2) is 23.8 Å². The van der Waals surface area contributed by atoms with E-state index in [1.165, 1.54) is 5.57 Å².